The number of benzene rings is 1. The van der Waals surface area contributed by atoms with Crippen LogP contribution < -0.4 is 5.73 Å². The van der Waals surface area contributed by atoms with Crippen LogP contribution in [0.5, 0.6) is 0 Å². The molecule has 1 aliphatic rings. The second-order valence-electron chi connectivity index (χ2n) is 6.44. The number of hydrogen-bond donors (Lipinski definition) is 1. The Morgan fingerprint density at radius 3 is 2.60 bits per heavy atom. The van der Waals surface area contributed by atoms with E-state index in [2.05, 4.69) is 0 Å². The summed E-state index contributed by atoms with van der Waals surface area (Å²) in [7, 11) is 0. The molecule has 2 N–H and O–H groups in total. The zero-order valence-electron chi connectivity index (χ0n) is 12.6. The van der Waals surface area contributed by atoms with Crippen LogP contribution in [0.4, 0.5) is 10.5 Å². The predicted octanol–water partition coefficient (Wildman–Crippen LogP) is 3.56. The molecular formula is C16H24N2O2. The van der Waals surface area contributed by atoms with Crippen molar-refractivity contribution in [2.24, 2.45) is 0 Å². The van der Waals surface area contributed by atoms with Crippen LogP contribution in [0.2, 0.25) is 0 Å². The molecule has 4 nitrogen and oxygen atoms in total. The third-order valence-corrected chi connectivity index (χ3v) is 3.45. The molecule has 1 saturated carbocycles. The van der Waals surface area contributed by atoms with E-state index in [1.807, 2.05) is 49.9 Å². The lowest BCUT2D eigenvalue weighted by atomic mass is 9.91. The van der Waals surface area contributed by atoms with Crippen LogP contribution in [0.15, 0.2) is 24.3 Å². The van der Waals surface area contributed by atoms with Crippen LogP contribution in [-0.2, 0) is 11.3 Å². The molecule has 0 spiro atoms. The van der Waals surface area contributed by atoms with Gasteiger partial charge >= 0.3 is 6.09 Å². The fourth-order valence-corrected chi connectivity index (χ4v) is 2.25. The van der Waals surface area contributed by atoms with Gasteiger partial charge in [-0.05, 0) is 57.7 Å². The second kappa shape index (κ2) is 5.73. The maximum Gasteiger partial charge on any atom is 0.410 e. The van der Waals surface area contributed by atoms with Crippen molar-refractivity contribution in [3.05, 3.63) is 29.8 Å². The van der Waals surface area contributed by atoms with Gasteiger partial charge in [0.05, 0.1) is 0 Å². The molecule has 1 aromatic rings. The fraction of sp³-hybridized carbons (Fsp3) is 0.562. The van der Waals surface area contributed by atoms with Crippen molar-refractivity contribution in [2.75, 3.05) is 5.73 Å². The molecule has 0 bridgehead atoms. The van der Waals surface area contributed by atoms with E-state index in [0.717, 1.165) is 24.1 Å². The van der Waals surface area contributed by atoms with E-state index in [-0.39, 0.29) is 6.09 Å². The molecule has 0 heterocycles. The Morgan fingerprint density at radius 1 is 1.40 bits per heavy atom. The van der Waals surface area contributed by atoms with E-state index < -0.39 is 5.60 Å². The van der Waals surface area contributed by atoms with E-state index in [9.17, 15) is 4.79 Å². The number of amides is 1. The Kier molecular flexibility index (Phi) is 4.21. The van der Waals surface area contributed by atoms with Crippen LogP contribution in [-0.4, -0.2) is 22.6 Å². The van der Waals surface area contributed by atoms with Gasteiger partial charge in [-0.3, -0.25) is 0 Å². The number of hydrogen-bond acceptors (Lipinski definition) is 3. The number of carbonyl (C=O) groups excluding carboxylic acids is 1. The van der Waals surface area contributed by atoms with Gasteiger partial charge in [0.15, 0.2) is 0 Å². The number of rotatable bonds is 3. The van der Waals surface area contributed by atoms with Crippen LogP contribution in [0.3, 0.4) is 0 Å². The third-order valence-electron chi connectivity index (χ3n) is 3.45. The van der Waals surface area contributed by atoms with Crippen LogP contribution in [0.25, 0.3) is 0 Å². The van der Waals surface area contributed by atoms with Gasteiger partial charge < -0.3 is 15.4 Å². The normalized spacial score (nSPS) is 15.6. The minimum absolute atomic E-state index is 0.232. The first-order valence-corrected chi connectivity index (χ1v) is 7.19. The first-order valence-electron chi connectivity index (χ1n) is 7.19. The Bertz CT molecular complexity index is 476. The molecule has 1 fully saturated rings. The van der Waals surface area contributed by atoms with E-state index in [0.29, 0.717) is 12.6 Å². The Morgan fingerprint density at radius 2 is 2.10 bits per heavy atom. The Balaban J connectivity index is 2.09. The largest absolute Gasteiger partial charge is 0.444 e. The maximum atomic E-state index is 12.4. The highest BCUT2D eigenvalue weighted by Gasteiger charge is 2.31. The maximum absolute atomic E-state index is 12.4. The highest BCUT2D eigenvalue weighted by atomic mass is 16.6. The van der Waals surface area contributed by atoms with Gasteiger partial charge in [0.25, 0.3) is 0 Å². The molecule has 0 unspecified atom stereocenters. The predicted molar refractivity (Wildman–Crippen MR) is 80.3 cm³/mol. The van der Waals surface area contributed by atoms with Crippen molar-refractivity contribution in [1.29, 1.82) is 0 Å². The summed E-state index contributed by atoms with van der Waals surface area (Å²) in [6.45, 7) is 6.24. The van der Waals surface area contributed by atoms with Gasteiger partial charge in [-0.25, -0.2) is 4.79 Å². The standard InChI is InChI=1S/C16H24N2O2/c1-16(2,3)20-15(19)18(14-8-5-9-14)11-12-6-4-7-13(17)10-12/h4,6-7,10,14H,5,8-9,11,17H2,1-3H3. The quantitative estimate of drug-likeness (QED) is 0.859. The van der Waals surface area contributed by atoms with E-state index >= 15 is 0 Å². The van der Waals surface area contributed by atoms with Gasteiger partial charge in [-0.15, -0.1) is 0 Å². The van der Waals surface area contributed by atoms with Gasteiger partial charge in [-0.2, -0.15) is 0 Å². The lowest BCUT2D eigenvalue weighted by Crippen LogP contribution is -2.46. The monoisotopic (exact) mass is 276 g/mol. The number of carbonyl (C=O) groups is 1. The Labute approximate surface area is 120 Å². The molecule has 1 amide bonds. The highest BCUT2D eigenvalue weighted by Crippen LogP contribution is 2.28. The van der Waals surface area contributed by atoms with Crippen molar-refractivity contribution in [1.82, 2.24) is 4.90 Å². The van der Waals surface area contributed by atoms with E-state index in [1.54, 1.807) is 0 Å². The molecule has 110 valence electrons. The van der Waals surface area contributed by atoms with Crippen molar-refractivity contribution in [2.45, 2.75) is 58.2 Å². The number of nitrogens with two attached hydrogens (primary N) is 1. The molecule has 1 aromatic carbocycles. The summed E-state index contributed by atoms with van der Waals surface area (Å²) in [6.07, 6.45) is 3.06. The first kappa shape index (κ1) is 14.7. The molecule has 0 saturated heterocycles. The van der Waals surface area contributed by atoms with Crippen molar-refractivity contribution >= 4 is 11.8 Å². The van der Waals surface area contributed by atoms with Gasteiger partial charge in [0.1, 0.15) is 5.60 Å². The van der Waals surface area contributed by atoms with Gasteiger partial charge in [-0.1, -0.05) is 12.1 Å². The highest BCUT2D eigenvalue weighted by molar-refractivity contribution is 5.68. The molecule has 4 heteroatoms. The minimum atomic E-state index is -0.463. The van der Waals surface area contributed by atoms with Crippen molar-refractivity contribution in [3.63, 3.8) is 0 Å². The second-order valence-corrected chi connectivity index (χ2v) is 6.44. The minimum Gasteiger partial charge on any atom is -0.444 e. The number of ether oxygens (including phenoxy) is 1. The summed E-state index contributed by atoms with van der Waals surface area (Å²) < 4.78 is 5.51. The van der Waals surface area contributed by atoms with E-state index in [1.165, 1.54) is 6.42 Å². The summed E-state index contributed by atoms with van der Waals surface area (Å²) in [5, 5.41) is 0. The SMILES string of the molecule is CC(C)(C)OC(=O)N(Cc1cccc(N)c1)C1CCC1. The molecule has 0 radical (unpaired) electrons. The average molecular weight is 276 g/mol. The summed E-state index contributed by atoms with van der Waals surface area (Å²) in [4.78, 5) is 14.2. The van der Waals surface area contributed by atoms with E-state index in [4.69, 9.17) is 10.5 Å². The zero-order chi connectivity index (χ0) is 14.8. The van der Waals surface area contributed by atoms with Gasteiger partial charge in [0.2, 0.25) is 0 Å². The number of nitrogen functional groups attached to an aromatic ring is 1. The van der Waals surface area contributed by atoms with Crippen LogP contribution >= 0.6 is 0 Å². The van der Waals surface area contributed by atoms with Gasteiger partial charge in [0, 0.05) is 18.3 Å². The molecule has 1 aliphatic carbocycles. The smallest absolute Gasteiger partial charge is 0.410 e. The van der Waals surface area contributed by atoms with Crippen molar-refractivity contribution in [3.8, 4) is 0 Å². The van der Waals surface area contributed by atoms with Crippen LogP contribution in [0.1, 0.15) is 45.6 Å². The summed E-state index contributed by atoms with van der Waals surface area (Å²) >= 11 is 0. The zero-order valence-corrected chi connectivity index (χ0v) is 12.6. The Hall–Kier alpha value is -1.71. The molecule has 0 atom stereocenters. The summed E-state index contributed by atoms with van der Waals surface area (Å²) in [5.74, 6) is 0. The average Bonchev–Trinajstić information content (AvgIpc) is 2.23. The topological polar surface area (TPSA) is 55.6 Å². The third kappa shape index (κ3) is 3.89. The first-order chi connectivity index (χ1) is 9.35. The molecule has 0 aliphatic heterocycles. The number of nitrogens with zero attached hydrogens (tertiary/aromatic N) is 1. The summed E-state index contributed by atoms with van der Waals surface area (Å²) in [6, 6.07) is 7.97. The van der Waals surface area contributed by atoms with Crippen LogP contribution in [0, 0.1) is 0 Å². The fourth-order valence-electron chi connectivity index (χ4n) is 2.25. The van der Waals surface area contributed by atoms with Crippen molar-refractivity contribution < 1.29 is 9.53 Å². The lowest BCUT2D eigenvalue weighted by Gasteiger charge is -2.38. The molecular weight excluding hydrogens is 252 g/mol. The lowest BCUT2D eigenvalue weighted by molar-refractivity contribution is 0.00462. The molecule has 20 heavy (non-hydrogen) atoms. The summed E-state index contributed by atoms with van der Waals surface area (Å²) in [5.41, 5.74) is 7.10. The molecule has 2 rings (SSSR count). The number of anilines is 1. The molecule has 0 aromatic heterocycles.